The standard InChI is InChI=1S/C54H74N10O8S/c1-8-63-47-43(32-57-41(25-26-54(6,7)70)45(47)60-50(63)46-49(55)62-72-61-46)71-28-18-14-10-12-16-20-44(67)56-27-17-13-9-11-15-19-38(65)29-40(53(3,4)5)52(69)64-33-39(66)30-42(64)51(68)58-31-36-21-23-37(24-22-36)48-35(2)59-34-73-48/h21-24,32,34,39-40,42,66,70H,8-20,27-31,33H2,1-7H3,(H2,55,62)(H,56,67)(H,58,68)/t39-,40-,42+/m1/s1. The van der Waals surface area contributed by atoms with Crippen molar-refractivity contribution in [1.29, 1.82) is 0 Å². The number of aryl methyl sites for hydroxylation is 2. The van der Waals surface area contributed by atoms with Crippen LogP contribution in [0.5, 0.6) is 5.75 Å². The number of hydrogen-bond acceptors (Lipinski definition) is 15. The second kappa shape index (κ2) is 26.1. The van der Waals surface area contributed by atoms with Gasteiger partial charge in [0.05, 0.1) is 35.0 Å². The van der Waals surface area contributed by atoms with Gasteiger partial charge in [-0.25, -0.2) is 19.6 Å². The lowest BCUT2D eigenvalue weighted by atomic mass is 9.76. The van der Waals surface area contributed by atoms with Gasteiger partial charge in [-0.1, -0.05) is 89.5 Å². The molecule has 1 aliphatic heterocycles. The average Bonchev–Trinajstić information content (AvgIpc) is 4.16. The van der Waals surface area contributed by atoms with E-state index in [0.29, 0.717) is 66.5 Å². The summed E-state index contributed by atoms with van der Waals surface area (Å²) >= 11 is 1.58. The number of carbonyl (C=O) groups is 4. The number of fused-ring (bicyclic) bond motifs is 1. The molecule has 5 heterocycles. The van der Waals surface area contributed by atoms with Crippen LogP contribution in [-0.2, 0) is 32.3 Å². The number of nitrogen functional groups attached to an aromatic ring is 1. The van der Waals surface area contributed by atoms with Gasteiger partial charge in [0, 0.05) is 57.8 Å². The summed E-state index contributed by atoms with van der Waals surface area (Å²) < 4.78 is 13.0. The minimum Gasteiger partial charge on any atom is -0.490 e. The number of β-amino-alcohol motifs (C(OH)–C–C–N with tert-alkyl or cyclic N) is 1. The van der Waals surface area contributed by atoms with Crippen LogP contribution in [0.1, 0.15) is 148 Å². The van der Waals surface area contributed by atoms with E-state index in [1.54, 1.807) is 31.4 Å². The van der Waals surface area contributed by atoms with Gasteiger partial charge in [0.15, 0.2) is 23.1 Å². The highest BCUT2D eigenvalue weighted by molar-refractivity contribution is 7.13. The Hall–Kier alpha value is -6.23. The number of likely N-dealkylation sites (tertiary alicyclic amines) is 1. The third-order valence-electron chi connectivity index (χ3n) is 13.1. The van der Waals surface area contributed by atoms with E-state index in [2.05, 4.69) is 42.8 Å². The number of ether oxygens (including phenoxy) is 1. The molecule has 19 heteroatoms. The molecule has 4 aromatic heterocycles. The topological polar surface area (TPSA) is 254 Å². The molecular formula is C54H74N10O8S. The Balaban J connectivity index is 0.827. The number of benzene rings is 1. The molecule has 394 valence electrons. The lowest BCUT2D eigenvalue weighted by Gasteiger charge is -2.34. The summed E-state index contributed by atoms with van der Waals surface area (Å²) in [5.41, 5.74) is 10.9. The maximum atomic E-state index is 14.1. The first kappa shape index (κ1) is 56.1. The van der Waals surface area contributed by atoms with Crippen LogP contribution in [-0.4, -0.2) is 106 Å². The van der Waals surface area contributed by atoms with Crippen LogP contribution in [0, 0.1) is 30.1 Å². The minimum absolute atomic E-state index is 0.0205. The van der Waals surface area contributed by atoms with Crippen molar-refractivity contribution in [3.05, 3.63) is 52.9 Å². The van der Waals surface area contributed by atoms with Crippen LogP contribution in [0.25, 0.3) is 33.0 Å². The van der Waals surface area contributed by atoms with Gasteiger partial charge in [0.1, 0.15) is 34.2 Å². The number of ketones is 1. The molecule has 3 amide bonds. The second-order valence-electron chi connectivity index (χ2n) is 20.6. The maximum Gasteiger partial charge on any atom is 0.243 e. The van der Waals surface area contributed by atoms with Crippen molar-refractivity contribution in [1.82, 2.24) is 45.4 Å². The zero-order valence-electron chi connectivity index (χ0n) is 43.6. The molecular weight excluding hydrogens is 949 g/mol. The van der Waals surface area contributed by atoms with Gasteiger partial charge in [-0.05, 0) is 86.2 Å². The molecule has 0 saturated carbocycles. The zero-order valence-corrected chi connectivity index (χ0v) is 44.4. The van der Waals surface area contributed by atoms with E-state index in [1.807, 2.05) is 69.0 Å². The largest absolute Gasteiger partial charge is 0.490 e. The number of pyridine rings is 1. The first-order valence-electron chi connectivity index (χ1n) is 25.7. The lowest BCUT2D eigenvalue weighted by Crippen LogP contribution is -2.50. The summed E-state index contributed by atoms with van der Waals surface area (Å²) in [6, 6.07) is 7.13. The van der Waals surface area contributed by atoms with E-state index in [9.17, 15) is 29.4 Å². The van der Waals surface area contributed by atoms with Crippen LogP contribution in [0.2, 0.25) is 0 Å². The van der Waals surface area contributed by atoms with E-state index in [-0.39, 0.29) is 55.3 Å². The first-order valence-corrected chi connectivity index (χ1v) is 26.6. The predicted octanol–water partition coefficient (Wildman–Crippen LogP) is 7.71. The molecule has 1 aromatic carbocycles. The number of aliphatic hydroxyl groups excluding tert-OH is 1. The maximum absolute atomic E-state index is 14.1. The number of hydrogen-bond donors (Lipinski definition) is 5. The van der Waals surface area contributed by atoms with Crippen LogP contribution in [0.4, 0.5) is 5.82 Å². The number of imidazole rings is 1. The van der Waals surface area contributed by atoms with Crippen LogP contribution >= 0.6 is 11.3 Å². The van der Waals surface area contributed by atoms with Crippen LogP contribution in [0.15, 0.2) is 40.6 Å². The van der Waals surface area contributed by atoms with Gasteiger partial charge in [0.25, 0.3) is 0 Å². The normalized spacial score (nSPS) is 15.3. The van der Waals surface area contributed by atoms with Crippen molar-refractivity contribution in [2.45, 2.75) is 169 Å². The highest BCUT2D eigenvalue weighted by atomic mass is 32.1. The Morgan fingerprint density at radius 2 is 1.64 bits per heavy atom. The number of amides is 3. The van der Waals surface area contributed by atoms with Crippen molar-refractivity contribution in [2.24, 2.45) is 11.3 Å². The Labute approximate surface area is 432 Å². The summed E-state index contributed by atoms with van der Waals surface area (Å²) in [5.74, 6) is 5.70. The van der Waals surface area contributed by atoms with Crippen LogP contribution < -0.4 is 21.1 Å². The number of aliphatic hydroxyl groups is 2. The molecule has 0 bridgehead atoms. The van der Waals surface area contributed by atoms with Gasteiger partial charge in [-0.3, -0.25) is 19.2 Å². The minimum atomic E-state index is -1.22. The Morgan fingerprint density at radius 3 is 2.30 bits per heavy atom. The van der Waals surface area contributed by atoms with E-state index >= 15 is 0 Å². The number of nitrogens with one attached hydrogen (secondary N) is 2. The zero-order chi connectivity index (χ0) is 52.7. The Bertz CT molecular complexity index is 2710. The summed E-state index contributed by atoms with van der Waals surface area (Å²) in [4.78, 5) is 69.5. The fourth-order valence-electron chi connectivity index (χ4n) is 9.02. The molecule has 0 unspecified atom stereocenters. The first-order chi connectivity index (χ1) is 34.8. The summed E-state index contributed by atoms with van der Waals surface area (Å²) in [6.45, 7) is 14.9. The molecule has 1 aliphatic rings. The molecule has 18 nitrogen and oxygen atoms in total. The number of carbonyl (C=O) groups excluding carboxylic acids is 4. The van der Waals surface area contributed by atoms with Crippen molar-refractivity contribution in [2.75, 3.05) is 25.4 Å². The summed E-state index contributed by atoms with van der Waals surface area (Å²) in [7, 11) is 0. The number of rotatable bonds is 26. The molecule has 1 saturated heterocycles. The molecule has 6 rings (SSSR count). The summed E-state index contributed by atoms with van der Waals surface area (Å²) in [5, 5.41) is 34.5. The number of aromatic nitrogens is 6. The monoisotopic (exact) mass is 1020 g/mol. The van der Waals surface area contributed by atoms with E-state index in [1.165, 1.54) is 4.90 Å². The molecule has 73 heavy (non-hydrogen) atoms. The van der Waals surface area contributed by atoms with Gasteiger partial charge >= 0.3 is 0 Å². The molecule has 0 spiro atoms. The number of anilines is 1. The fourth-order valence-corrected chi connectivity index (χ4v) is 9.83. The van der Waals surface area contributed by atoms with Gasteiger partial charge in [0.2, 0.25) is 17.7 Å². The third-order valence-corrected chi connectivity index (χ3v) is 14.1. The van der Waals surface area contributed by atoms with E-state index < -0.39 is 29.1 Å². The summed E-state index contributed by atoms with van der Waals surface area (Å²) in [6.07, 6.45) is 10.7. The second-order valence-corrected chi connectivity index (χ2v) is 21.5. The van der Waals surface area contributed by atoms with Gasteiger partial charge in [-0.15, -0.1) is 11.3 Å². The number of Topliss-reactive ketones (excluding diaryl/α,β-unsaturated/α-hetero) is 1. The number of unbranched alkanes of at least 4 members (excludes halogenated alkanes) is 8. The van der Waals surface area contributed by atoms with Crippen molar-refractivity contribution in [3.8, 4) is 39.5 Å². The molecule has 0 radical (unpaired) electrons. The number of nitrogens with zero attached hydrogens (tertiary/aromatic N) is 7. The van der Waals surface area contributed by atoms with Crippen molar-refractivity contribution < 1.29 is 38.8 Å². The molecule has 3 atom stereocenters. The smallest absolute Gasteiger partial charge is 0.243 e. The quantitative estimate of drug-likeness (QED) is 0.0263. The van der Waals surface area contributed by atoms with Gasteiger partial charge in [-0.2, -0.15) is 0 Å². The average molecular weight is 1020 g/mol. The number of nitrogens with two attached hydrogens (primary N) is 1. The lowest BCUT2D eigenvalue weighted by molar-refractivity contribution is -0.146. The molecule has 1 fully saturated rings. The van der Waals surface area contributed by atoms with Crippen molar-refractivity contribution >= 4 is 51.7 Å². The Morgan fingerprint density at radius 1 is 0.945 bits per heavy atom. The molecule has 0 aliphatic carbocycles. The van der Waals surface area contributed by atoms with Gasteiger partial charge < -0.3 is 40.8 Å². The van der Waals surface area contributed by atoms with E-state index in [0.717, 1.165) is 85.9 Å². The third kappa shape index (κ3) is 15.9. The predicted molar refractivity (Wildman–Crippen MR) is 281 cm³/mol. The highest BCUT2D eigenvalue weighted by Gasteiger charge is 2.44. The van der Waals surface area contributed by atoms with Crippen molar-refractivity contribution in [3.63, 3.8) is 0 Å². The van der Waals surface area contributed by atoms with Crippen LogP contribution in [0.3, 0.4) is 0 Å². The SMILES string of the molecule is CCn1c(-c2nonc2N)nc2c(C#CC(C)(C)O)ncc(OCCCCCCCC(=O)NCCCCCCCC(=O)C[C@H](C(=O)N3C[C@H](O)C[C@H]3C(=O)NCc3ccc(-c4scnc4C)cc3)C(C)(C)C)c21. The fraction of sp³-hybridized carbons (Fsp3) is 0.574. The molecule has 5 aromatic rings. The van der Waals surface area contributed by atoms with E-state index in [4.69, 9.17) is 20.1 Å². The number of thiazole rings is 1. The molecule has 6 N–H and O–H groups in total. The Kier molecular flexibility index (Phi) is 20.1. The highest BCUT2D eigenvalue weighted by Crippen LogP contribution is 2.36.